The molecular formula is C15H15N2O5S-. The third-order valence-corrected chi connectivity index (χ3v) is 3.72. The minimum absolute atomic E-state index is 0.278. The fourth-order valence-electron chi connectivity index (χ4n) is 1.96. The van der Waals surface area contributed by atoms with Crippen molar-refractivity contribution in [3.63, 3.8) is 0 Å². The predicted molar refractivity (Wildman–Crippen MR) is 86.4 cm³/mol. The summed E-state index contributed by atoms with van der Waals surface area (Å²) in [5.74, 6) is -0.733. The number of benzene rings is 1. The average molecular weight is 335 g/mol. The van der Waals surface area contributed by atoms with Gasteiger partial charge < -0.3 is 25.0 Å². The summed E-state index contributed by atoms with van der Waals surface area (Å²) in [6, 6.07) is 5.89. The molecule has 0 saturated carbocycles. The molecule has 0 aliphatic rings. The molecule has 0 bridgehead atoms. The summed E-state index contributed by atoms with van der Waals surface area (Å²) >= 11 is 1.48. The van der Waals surface area contributed by atoms with Crippen molar-refractivity contribution >= 4 is 40.4 Å². The molecule has 122 valence electrons. The number of fused-ring (bicyclic) bond motifs is 1. The van der Waals surface area contributed by atoms with Gasteiger partial charge in [0.1, 0.15) is 5.58 Å². The van der Waals surface area contributed by atoms with Crippen LogP contribution in [0.25, 0.3) is 11.0 Å². The number of anilines is 1. The van der Waals surface area contributed by atoms with Crippen LogP contribution in [0.15, 0.2) is 39.5 Å². The maximum atomic E-state index is 11.9. The van der Waals surface area contributed by atoms with E-state index in [0.29, 0.717) is 22.4 Å². The summed E-state index contributed by atoms with van der Waals surface area (Å²) in [5.41, 5.74) is 0.392. The number of nitrogens with one attached hydrogen (secondary N) is 2. The van der Waals surface area contributed by atoms with E-state index in [1.165, 1.54) is 17.8 Å². The van der Waals surface area contributed by atoms with Gasteiger partial charge in [0.15, 0.2) is 0 Å². The lowest BCUT2D eigenvalue weighted by atomic mass is 10.2. The molecule has 0 spiro atoms. The molecule has 23 heavy (non-hydrogen) atoms. The van der Waals surface area contributed by atoms with Crippen LogP contribution in [0.3, 0.4) is 0 Å². The average Bonchev–Trinajstić information content (AvgIpc) is 2.51. The third kappa shape index (κ3) is 4.75. The summed E-state index contributed by atoms with van der Waals surface area (Å²) in [5, 5.41) is 16.5. The van der Waals surface area contributed by atoms with Crippen LogP contribution in [-0.2, 0) is 4.79 Å². The van der Waals surface area contributed by atoms with Gasteiger partial charge in [-0.15, -0.1) is 0 Å². The molecule has 0 fully saturated rings. The fourth-order valence-corrected chi connectivity index (χ4v) is 2.43. The van der Waals surface area contributed by atoms with E-state index in [0.717, 1.165) is 0 Å². The van der Waals surface area contributed by atoms with E-state index in [2.05, 4.69) is 10.6 Å². The number of carbonyl (C=O) groups excluding carboxylic acids is 2. The van der Waals surface area contributed by atoms with Gasteiger partial charge in [0.2, 0.25) is 0 Å². The molecule has 0 aliphatic carbocycles. The van der Waals surface area contributed by atoms with Crippen molar-refractivity contribution in [1.29, 1.82) is 0 Å². The van der Waals surface area contributed by atoms with Crippen molar-refractivity contribution in [3.05, 3.63) is 40.8 Å². The molecular weight excluding hydrogens is 320 g/mol. The lowest BCUT2D eigenvalue weighted by molar-refractivity contribution is -0.308. The molecule has 7 nitrogen and oxygen atoms in total. The van der Waals surface area contributed by atoms with E-state index in [4.69, 9.17) is 4.42 Å². The standard InChI is InChI=1S/C15H16N2O5S/c1-23-7-6-11(14(19)20)17-15(21)16-10-3-4-12-9(8-10)2-5-13(18)22-12/h2-5,8,11H,6-7H2,1H3,(H,19,20)(H2,16,17,21)/p-1/t11-/m0/s1. The van der Waals surface area contributed by atoms with Gasteiger partial charge in [0.25, 0.3) is 0 Å². The van der Waals surface area contributed by atoms with Crippen LogP contribution in [0.1, 0.15) is 6.42 Å². The summed E-state index contributed by atoms with van der Waals surface area (Å²) in [4.78, 5) is 34.0. The number of hydrogen-bond donors (Lipinski definition) is 2. The van der Waals surface area contributed by atoms with Crippen LogP contribution in [0.2, 0.25) is 0 Å². The Bertz CT molecular complexity index is 774. The lowest BCUT2D eigenvalue weighted by Crippen LogP contribution is -2.49. The number of urea groups is 1. The van der Waals surface area contributed by atoms with E-state index in [9.17, 15) is 19.5 Å². The van der Waals surface area contributed by atoms with Crippen LogP contribution in [0.5, 0.6) is 0 Å². The number of carboxylic acids is 1. The molecule has 1 atom stereocenters. The van der Waals surface area contributed by atoms with Crippen LogP contribution in [0, 0.1) is 0 Å². The lowest BCUT2D eigenvalue weighted by Gasteiger charge is -2.19. The summed E-state index contributed by atoms with van der Waals surface area (Å²) in [6.07, 6.45) is 2.12. The Balaban J connectivity index is 2.05. The highest BCUT2D eigenvalue weighted by molar-refractivity contribution is 7.98. The maximum absolute atomic E-state index is 11.9. The van der Waals surface area contributed by atoms with Gasteiger partial charge in [-0.05, 0) is 42.7 Å². The van der Waals surface area contributed by atoms with Gasteiger partial charge >= 0.3 is 11.7 Å². The fraction of sp³-hybridized carbons (Fsp3) is 0.267. The Morgan fingerprint density at radius 1 is 1.30 bits per heavy atom. The molecule has 0 unspecified atom stereocenters. The monoisotopic (exact) mass is 335 g/mol. The first-order valence-corrected chi connectivity index (χ1v) is 8.20. The SMILES string of the molecule is CSCC[C@H](NC(=O)Nc1ccc2oc(=O)ccc2c1)C(=O)[O-]. The number of aliphatic carboxylic acids is 1. The van der Waals surface area contributed by atoms with E-state index in [1.54, 1.807) is 24.3 Å². The largest absolute Gasteiger partial charge is 0.548 e. The second kappa shape index (κ2) is 7.68. The predicted octanol–water partition coefficient (Wildman–Crippen LogP) is 0.786. The summed E-state index contributed by atoms with van der Waals surface area (Å²) in [7, 11) is 0. The number of rotatable bonds is 6. The zero-order valence-electron chi connectivity index (χ0n) is 12.3. The number of thioether (sulfide) groups is 1. The first-order valence-electron chi connectivity index (χ1n) is 6.81. The van der Waals surface area contributed by atoms with Gasteiger partial charge in [0.05, 0.1) is 12.0 Å². The molecule has 2 aromatic rings. The first-order chi connectivity index (χ1) is 11.0. The molecule has 0 aliphatic heterocycles. The molecule has 2 N–H and O–H groups in total. The highest BCUT2D eigenvalue weighted by Gasteiger charge is 2.13. The Hall–Kier alpha value is -2.48. The van der Waals surface area contributed by atoms with Crippen LogP contribution in [-0.4, -0.2) is 30.1 Å². The molecule has 8 heteroatoms. The Kier molecular flexibility index (Phi) is 5.64. The Morgan fingerprint density at radius 2 is 2.09 bits per heavy atom. The van der Waals surface area contributed by atoms with Gasteiger partial charge in [0, 0.05) is 17.1 Å². The molecule has 0 saturated heterocycles. The second-order valence-corrected chi connectivity index (χ2v) is 5.74. The van der Waals surface area contributed by atoms with E-state index in [1.807, 2.05) is 6.26 Å². The molecule has 2 rings (SSSR count). The van der Waals surface area contributed by atoms with Gasteiger partial charge in [-0.3, -0.25) is 0 Å². The Labute approximate surface area is 136 Å². The topological polar surface area (TPSA) is 111 Å². The summed E-state index contributed by atoms with van der Waals surface area (Å²) < 4.78 is 4.99. The quantitative estimate of drug-likeness (QED) is 0.755. The zero-order valence-corrected chi connectivity index (χ0v) is 13.1. The van der Waals surface area contributed by atoms with Gasteiger partial charge in [-0.25, -0.2) is 9.59 Å². The normalized spacial score (nSPS) is 11.9. The minimum atomic E-state index is -1.32. The zero-order chi connectivity index (χ0) is 16.8. The van der Waals surface area contributed by atoms with Crippen molar-refractivity contribution in [2.45, 2.75) is 12.5 Å². The number of carboxylic acid groups (broad SMARTS) is 1. The summed E-state index contributed by atoms with van der Waals surface area (Å²) in [6.45, 7) is 0. The van der Waals surface area contributed by atoms with E-state index < -0.39 is 23.7 Å². The smallest absolute Gasteiger partial charge is 0.336 e. The molecule has 1 heterocycles. The highest BCUT2D eigenvalue weighted by atomic mass is 32.2. The second-order valence-electron chi connectivity index (χ2n) is 4.76. The van der Waals surface area contributed by atoms with Gasteiger partial charge in [-0.2, -0.15) is 11.8 Å². The number of carbonyl (C=O) groups is 2. The van der Waals surface area contributed by atoms with E-state index in [-0.39, 0.29) is 6.42 Å². The Morgan fingerprint density at radius 3 is 2.78 bits per heavy atom. The molecule has 1 aromatic carbocycles. The van der Waals surface area contributed by atoms with Gasteiger partial charge in [-0.1, -0.05) is 0 Å². The number of amides is 2. The van der Waals surface area contributed by atoms with Crippen LogP contribution in [0.4, 0.5) is 10.5 Å². The molecule has 2 amide bonds. The van der Waals surface area contributed by atoms with Crippen LogP contribution >= 0.6 is 11.8 Å². The molecule has 0 radical (unpaired) electrons. The van der Waals surface area contributed by atoms with Crippen molar-refractivity contribution in [1.82, 2.24) is 5.32 Å². The van der Waals surface area contributed by atoms with Crippen molar-refractivity contribution in [2.75, 3.05) is 17.3 Å². The maximum Gasteiger partial charge on any atom is 0.336 e. The van der Waals surface area contributed by atoms with Crippen molar-refractivity contribution in [3.8, 4) is 0 Å². The van der Waals surface area contributed by atoms with Crippen LogP contribution < -0.4 is 21.4 Å². The number of hydrogen-bond acceptors (Lipinski definition) is 6. The van der Waals surface area contributed by atoms with Crippen molar-refractivity contribution < 1.29 is 19.1 Å². The van der Waals surface area contributed by atoms with Crippen molar-refractivity contribution in [2.24, 2.45) is 0 Å². The first kappa shape index (κ1) is 16.9. The molecule has 1 aromatic heterocycles. The van der Waals surface area contributed by atoms with E-state index >= 15 is 0 Å². The minimum Gasteiger partial charge on any atom is -0.548 e. The highest BCUT2D eigenvalue weighted by Crippen LogP contribution is 2.17. The third-order valence-electron chi connectivity index (χ3n) is 3.08.